The van der Waals surface area contributed by atoms with E-state index < -0.39 is 41.2 Å². The minimum Gasteiger partial charge on any atom is -0.504 e. The Morgan fingerprint density at radius 3 is 2.39 bits per heavy atom. The third-order valence-corrected chi connectivity index (χ3v) is 6.33. The van der Waals surface area contributed by atoms with Crippen LogP contribution in [0, 0.1) is 23.4 Å². The van der Waals surface area contributed by atoms with Gasteiger partial charge in [-0.2, -0.15) is 5.10 Å². The standard InChI is InChI=1S/C26H20F3N3O4/c1-36-20-4-2-3-17(24(20)33)22-21-23(32(30-22)19-10-9-16(28)13-18(19)29)26(35)31(25(21)34)12-11-14-5-7-15(27)8-6-14/h2-10,13,21,23,33H,11-12H2,1H3. The zero-order chi connectivity index (χ0) is 25.6. The number of amides is 2. The molecule has 3 aromatic rings. The smallest absolute Gasteiger partial charge is 0.255 e. The van der Waals surface area contributed by atoms with Crippen molar-refractivity contribution in [3.8, 4) is 11.5 Å². The van der Waals surface area contributed by atoms with Gasteiger partial charge in [-0.25, -0.2) is 18.2 Å². The van der Waals surface area contributed by atoms with Crippen LogP contribution in [0.15, 0.2) is 65.8 Å². The molecule has 2 aliphatic rings. The van der Waals surface area contributed by atoms with Crippen LogP contribution < -0.4 is 9.75 Å². The molecule has 184 valence electrons. The molecule has 0 bridgehead atoms. The number of hydrazone groups is 1. The fourth-order valence-corrected chi connectivity index (χ4v) is 4.56. The van der Waals surface area contributed by atoms with Crippen LogP contribution >= 0.6 is 0 Å². The highest BCUT2D eigenvalue weighted by Gasteiger charge is 2.57. The van der Waals surface area contributed by atoms with Crippen LogP contribution in [0.3, 0.4) is 0 Å². The number of phenols is 1. The lowest BCUT2D eigenvalue weighted by Gasteiger charge is -2.22. The largest absolute Gasteiger partial charge is 0.504 e. The number of methoxy groups -OCH3 is 1. The summed E-state index contributed by atoms with van der Waals surface area (Å²) in [6.45, 7) is 0.00735. The van der Waals surface area contributed by atoms with Crippen molar-refractivity contribution in [2.75, 3.05) is 18.7 Å². The van der Waals surface area contributed by atoms with E-state index in [1.165, 1.54) is 31.4 Å². The molecule has 1 fully saturated rings. The van der Waals surface area contributed by atoms with Crippen molar-refractivity contribution in [3.63, 3.8) is 0 Å². The summed E-state index contributed by atoms with van der Waals surface area (Å²) in [6.07, 6.45) is 0.277. The van der Waals surface area contributed by atoms with Crippen molar-refractivity contribution in [2.45, 2.75) is 12.5 Å². The first kappa shape index (κ1) is 23.4. The molecule has 2 unspecified atom stereocenters. The highest BCUT2D eigenvalue weighted by atomic mass is 19.1. The van der Waals surface area contributed by atoms with Gasteiger partial charge in [0, 0.05) is 18.2 Å². The maximum atomic E-state index is 14.7. The molecule has 7 nitrogen and oxygen atoms in total. The molecule has 0 spiro atoms. The molecule has 3 aromatic carbocycles. The fraction of sp³-hybridized carbons (Fsp3) is 0.192. The second-order valence-corrected chi connectivity index (χ2v) is 8.41. The number of nitrogens with zero attached hydrogens (tertiary/aromatic N) is 3. The monoisotopic (exact) mass is 495 g/mol. The summed E-state index contributed by atoms with van der Waals surface area (Å²) >= 11 is 0. The topological polar surface area (TPSA) is 82.4 Å². The Bertz CT molecular complexity index is 1390. The number of likely N-dealkylation sites (tertiary alicyclic amines) is 1. The number of fused-ring (bicyclic) bond motifs is 1. The normalized spacial score (nSPS) is 19.1. The molecule has 10 heteroatoms. The number of carbonyl (C=O) groups is 2. The molecular weight excluding hydrogens is 475 g/mol. The van der Waals surface area contributed by atoms with Gasteiger partial charge in [0.25, 0.3) is 5.91 Å². The molecule has 1 saturated heterocycles. The number of anilines is 1. The summed E-state index contributed by atoms with van der Waals surface area (Å²) in [4.78, 5) is 28.0. The minimum absolute atomic E-state index is 0.00735. The van der Waals surface area contributed by atoms with Crippen molar-refractivity contribution in [1.82, 2.24) is 4.90 Å². The molecule has 5 rings (SSSR count). The molecule has 0 aromatic heterocycles. The van der Waals surface area contributed by atoms with E-state index in [0.29, 0.717) is 6.07 Å². The number of aromatic hydroxyl groups is 1. The van der Waals surface area contributed by atoms with Gasteiger partial charge >= 0.3 is 0 Å². The summed E-state index contributed by atoms with van der Waals surface area (Å²) in [5.41, 5.74) is 0.735. The van der Waals surface area contributed by atoms with Crippen LogP contribution in [0.2, 0.25) is 0 Å². The van der Waals surface area contributed by atoms with Crippen molar-refractivity contribution >= 4 is 23.2 Å². The van der Waals surface area contributed by atoms with E-state index in [4.69, 9.17) is 4.74 Å². The predicted molar refractivity (Wildman–Crippen MR) is 124 cm³/mol. The fourth-order valence-electron chi connectivity index (χ4n) is 4.56. The van der Waals surface area contributed by atoms with Crippen molar-refractivity contribution in [2.24, 2.45) is 11.0 Å². The highest BCUT2D eigenvalue weighted by Crippen LogP contribution is 2.41. The summed E-state index contributed by atoms with van der Waals surface area (Å²) < 4.78 is 46.7. The Balaban J connectivity index is 1.55. The van der Waals surface area contributed by atoms with Crippen LogP contribution in [-0.2, 0) is 16.0 Å². The number of halogens is 3. The Labute approximate surface area is 204 Å². The van der Waals surface area contributed by atoms with Crippen LogP contribution in [0.1, 0.15) is 11.1 Å². The lowest BCUT2D eigenvalue weighted by atomic mass is 9.92. The molecule has 2 aliphatic heterocycles. The van der Waals surface area contributed by atoms with Gasteiger partial charge in [-0.05, 0) is 48.4 Å². The number of rotatable bonds is 6. The molecule has 2 heterocycles. The average Bonchev–Trinajstić information content (AvgIpc) is 3.35. The molecule has 36 heavy (non-hydrogen) atoms. The van der Waals surface area contributed by atoms with E-state index >= 15 is 0 Å². The number of ether oxygens (including phenoxy) is 1. The molecule has 0 radical (unpaired) electrons. The van der Waals surface area contributed by atoms with Gasteiger partial charge in [0.15, 0.2) is 17.3 Å². The number of carbonyl (C=O) groups excluding carboxylic acids is 2. The minimum atomic E-state index is -1.23. The Kier molecular flexibility index (Phi) is 5.87. The van der Waals surface area contributed by atoms with Crippen LogP contribution in [0.4, 0.5) is 18.9 Å². The van der Waals surface area contributed by atoms with E-state index in [2.05, 4.69) is 5.10 Å². The maximum Gasteiger partial charge on any atom is 0.255 e. The summed E-state index contributed by atoms with van der Waals surface area (Å²) in [7, 11) is 1.36. The number of imide groups is 1. The number of hydrogen-bond donors (Lipinski definition) is 1. The SMILES string of the molecule is COc1cccc(C2=NN(c3ccc(F)cc3F)C3C(=O)N(CCc4ccc(F)cc4)C(=O)C23)c1O. The second-order valence-electron chi connectivity index (χ2n) is 8.41. The zero-order valence-electron chi connectivity index (χ0n) is 19.0. The molecule has 1 N–H and O–H groups in total. The Morgan fingerprint density at radius 2 is 1.69 bits per heavy atom. The van der Waals surface area contributed by atoms with Crippen LogP contribution in [0.5, 0.6) is 11.5 Å². The van der Waals surface area contributed by atoms with Gasteiger partial charge in [-0.1, -0.05) is 18.2 Å². The second kappa shape index (κ2) is 9.03. The van der Waals surface area contributed by atoms with Crippen molar-refractivity contribution in [1.29, 1.82) is 0 Å². The number of para-hydroxylation sites is 1. The van der Waals surface area contributed by atoms with Gasteiger partial charge < -0.3 is 9.84 Å². The van der Waals surface area contributed by atoms with E-state index in [1.807, 2.05) is 0 Å². The third-order valence-electron chi connectivity index (χ3n) is 6.33. The molecular formula is C26H20F3N3O4. The third kappa shape index (κ3) is 3.84. The van der Waals surface area contributed by atoms with Gasteiger partial charge in [0.1, 0.15) is 23.6 Å². The molecule has 2 amide bonds. The highest BCUT2D eigenvalue weighted by molar-refractivity contribution is 6.26. The molecule has 0 aliphatic carbocycles. The molecule has 2 atom stereocenters. The van der Waals surface area contributed by atoms with Gasteiger partial charge in [0.2, 0.25) is 5.91 Å². The number of hydrogen-bond acceptors (Lipinski definition) is 6. The quantitative estimate of drug-likeness (QED) is 0.528. The zero-order valence-corrected chi connectivity index (χ0v) is 19.0. The van der Waals surface area contributed by atoms with E-state index in [9.17, 15) is 27.9 Å². The Hall–Kier alpha value is -4.34. The average molecular weight is 495 g/mol. The first-order valence-electron chi connectivity index (χ1n) is 11.1. The first-order chi connectivity index (χ1) is 17.3. The van der Waals surface area contributed by atoms with Gasteiger partial charge in [-0.15, -0.1) is 0 Å². The summed E-state index contributed by atoms with van der Waals surface area (Å²) in [5, 5.41) is 16.1. The lowest BCUT2D eigenvalue weighted by molar-refractivity contribution is -0.139. The van der Waals surface area contributed by atoms with Crippen LogP contribution in [0.25, 0.3) is 0 Å². The number of benzene rings is 3. The predicted octanol–water partition coefficient (Wildman–Crippen LogP) is 3.64. The van der Waals surface area contributed by atoms with Crippen LogP contribution in [-0.4, -0.2) is 47.2 Å². The maximum absolute atomic E-state index is 14.7. The van der Waals surface area contributed by atoms with E-state index in [1.54, 1.807) is 18.2 Å². The first-order valence-corrected chi connectivity index (χ1v) is 11.1. The number of phenolic OH excluding ortho intramolecular Hbond substituents is 1. The van der Waals surface area contributed by atoms with Gasteiger partial charge in [-0.3, -0.25) is 14.5 Å². The van der Waals surface area contributed by atoms with Crippen molar-refractivity contribution in [3.05, 3.63) is 89.2 Å². The Morgan fingerprint density at radius 1 is 0.972 bits per heavy atom. The van der Waals surface area contributed by atoms with Crippen molar-refractivity contribution < 1.29 is 32.6 Å². The van der Waals surface area contributed by atoms with Gasteiger partial charge in [0.05, 0.1) is 18.5 Å². The summed E-state index contributed by atoms with van der Waals surface area (Å²) in [5.74, 6) is -4.66. The summed E-state index contributed by atoms with van der Waals surface area (Å²) in [6, 6.07) is 11.9. The van der Waals surface area contributed by atoms with E-state index in [-0.39, 0.29) is 41.4 Å². The van der Waals surface area contributed by atoms with E-state index in [0.717, 1.165) is 27.6 Å². The lowest BCUT2D eigenvalue weighted by Crippen LogP contribution is -2.40. The molecule has 0 saturated carbocycles.